The Hall–Kier alpha value is -0.900. The summed E-state index contributed by atoms with van der Waals surface area (Å²) in [6.07, 6.45) is 1.37. The molecule has 1 fully saturated rings. The molecule has 0 aliphatic heterocycles. The second kappa shape index (κ2) is 3.30. The smallest absolute Gasteiger partial charge is 0.166 e. The van der Waals surface area contributed by atoms with E-state index in [1.54, 1.807) is 6.07 Å². The van der Waals surface area contributed by atoms with Gasteiger partial charge < -0.3 is 5.11 Å². The molecule has 2 nitrogen and oxygen atoms in total. The topological polar surface area (TPSA) is 37.3 Å². The number of ketones is 1. The van der Waals surface area contributed by atoms with Crippen molar-refractivity contribution in [2.75, 3.05) is 0 Å². The number of benzene rings is 1. The predicted molar refractivity (Wildman–Crippen MR) is 57.4 cm³/mol. The third-order valence-electron chi connectivity index (χ3n) is 2.97. The summed E-state index contributed by atoms with van der Waals surface area (Å²) >= 11 is 3.15. The van der Waals surface area contributed by atoms with Crippen LogP contribution in [0.4, 0.5) is 4.39 Å². The highest BCUT2D eigenvalue weighted by Gasteiger charge is 2.50. The van der Waals surface area contributed by atoms with Crippen molar-refractivity contribution in [3.05, 3.63) is 28.0 Å². The van der Waals surface area contributed by atoms with Gasteiger partial charge >= 0.3 is 0 Å². The summed E-state index contributed by atoms with van der Waals surface area (Å²) in [5.41, 5.74) is -0.240. The van der Waals surface area contributed by atoms with Gasteiger partial charge in [-0.15, -0.1) is 0 Å². The van der Waals surface area contributed by atoms with E-state index in [2.05, 4.69) is 15.9 Å². The monoisotopic (exact) mass is 272 g/mol. The van der Waals surface area contributed by atoms with E-state index in [0.717, 1.165) is 0 Å². The fourth-order valence-corrected chi connectivity index (χ4v) is 2.30. The molecule has 15 heavy (non-hydrogen) atoms. The lowest BCUT2D eigenvalue weighted by molar-refractivity contribution is -0.119. The van der Waals surface area contributed by atoms with Crippen LogP contribution in [0.1, 0.15) is 25.3 Å². The Labute approximate surface area is 95.2 Å². The van der Waals surface area contributed by atoms with Crippen molar-refractivity contribution < 1.29 is 14.3 Å². The van der Waals surface area contributed by atoms with Crippen LogP contribution in [0.5, 0.6) is 5.75 Å². The Kier molecular flexibility index (Phi) is 2.34. The maximum absolute atomic E-state index is 13.3. The molecular formula is C11H10BrFO2. The summed E-state index contributed by atoms with van der Waals surface area (Å²) in [6.45, 7) is 1.48. The van der Waals surface area contributed by atoms with Crippen LogP contribution in [0.2, 0.25) is 0 Å². The van der Waals surface area contributed by atoms with E-state index in [1.807, 2.05) is 0 Å². The molecule has 0 saturated heterocycles. The molecule has 0 bridgehead atoms. The van der Waals surface area contributed by atoms with E-state index < -0.39 is 17.0 Å². The standard InChI is InChI=1S/C11H10BrFO2/c1-6(14)11(2-3-11)8-4-7(12)5-9(13)10(8)15/h4-5,15H,2-3H2,1H3. The fourth-order valence-electron chi connectivity index (χ4n) is 1.87. The summed E-state index contributed by atoms with van der Waals surface area (Å²) in [6, 6.07) is 2.81. The molecule has 1 aliphatic carbocycles. The lowest BCUT2D eigenvalue weighted by Gasteiger charge is -2.14. The van der Waals surface area contributed by atoms with Gasteiger partial charge in [-0.25, -0.2) is 4.39 Å². The molecule has 0 amide bonds. The zero-order valence-corrected chi connectivity index (χ0v) is 9.77. The fraction of sp³-hybridized carbons (Fsp3) is 0.364. The van der Waals surface area contributed by atoms with E-state index in [0.29, 0.717) is 22.9 Å². The van der Waals surface area contributed by atoms with Crippen LogP contribution in [0.3, 0.4) is 0 Å². The molecule has 1 aromatic carbocycles. The minimum atomic E-state index is -0.688. The Morgan fingerprint density at radius 2 is 2.13 bits per heavy atom. The van der Waals surface area contributed by atoms with Gasteiger partial charge in [-0.2, -0.15) is 0 Å². The van der Waals surface area contributed by atoms with Gasteiger partial charge in [-0.1, -0.05) is 15.9 Å². The molecule has 1 saturated carbocycles. The van der Waals surface area contributed by atoms with Gasteiger partial charge in [0.1, 0.15) is 5.78 Å². The lowest BCUT2D eigenvalue weighted by Crippen LogP contribution is -2.17. The van der Waals surface area contributed by atoms with Crippen LogP contribution in [0.25, 0.3) is 0 Å². The molecule has 0 spiro atoms. The summed E-state index contributed by atoms with van der Waals surface area (Å²) < 4.78 is 13.8. The number of carbonyl (C=O) groups is 1. The van der Waals surface area contributed by atoms with Gasteiger partial charge in [0.2, 0.25) is 0 Å². The van der Waals surface area contributed by atoms with Gasteiger partial charge in [0.05, 0.1) is 5.41 Å². The van der Waals surface area contributed by atoms with Crippen LogP contribution in [-0.2, 0) is 10.2 Å². The lowest BCUT2D eigenvalue weighted by atomic mass is 9.91. The number of phenols is 1. The highest BCUT2D eigenvalue weighted by atomic mass is 79.9. The number of aromatic hydroxyl groups is 1. The van der Waals surface area contributed by atoms with Crippen LogP contribution in [0.15, 0.2) is 16.6 Å². The Morgan fingerprint density at radius 3 is 2.60 bits per heavy atom. The minimum Gasteiger partial charge on any atom is -0.505 e. The van der Waals surface area contributed by atoms with Crippen LogP contribution in [-0.4, -0.2) is 10.9 Å². The van der Waals surface area contributed by atoms with Gasteiger partial charge in [-0.05, 0) is 31.9 Å². The average molecular weight is 273 g/mol. The first-order chi connectivity index (χ1) is 6.97. The van der Waals surface area contributed by atoms with Crippen molar-refractivity contribution in [1.82, 2.24) is 0 Å². The summed E-state index contributed by atoms with van der Waals surface area (Å²) in [5, 5.41) is 9.60. The molecule has 0 atom stereocenters. The molecule has 4 heteroatoms. The predicted octanol–water partition coefficient (Wildman–Crippen LogP) is 2.91. The van der Waals surface area contributed by atoms with Crippen molar-refractivity contribution in [2.24, 2.45) is 0 Å². The van der Waals surface area contributed by atoms with Gasteiger partial charge in [-0.3, -0.25) is 4.79 Å². The largest absolute Gasteiger partial charge is 0.505 e. The normalized spacial score (nSPS) is 17.5. The summed E-state index contributed by atoms with van der Waals surface area (Å²) in [4.78, 5) is 11.5. The minimum absolute atomic E-state index is 0.0182. The number of hydrogen-bond acceptors (Lipinski definition) is 2. The van der Waals surface area contributed by atoms with Crippen LogP contribution < -0.4 is 0 Å². The van der Waals surface area contributed by atoms with E-state index in [4.69, 9.17) is 0 Å². The molecular weight excluding hydrogens is 263 g/mol. The first kappa shape index (κ1) is 10.6. The molecule has 2 rings (SSSR count). The Bertz CT molecular complexity index is 438. The molecule has 80 valence electrons. The van der Waals surface area contributed by atoms with Crippen molar-refractivity contribution in [1.29, 1.82) is 0 Å². The Balaban J connectivity index is 2.58. The second-order valence-corrected chi connectivity index (χ2v) is 4.84. The highest BCUT2D eigenvalue weighted by molar-refractivity contribution is 9.10. The van der Waals surface area contributed by atoms with E-state index in [9.17, 15) is 14.3 Å². The molecule has 1 N–H and O–H groups in total. The quantitative estimate of drug-likeness (QED) is 0.899. The zero-order valence-electron chi connectivity index (χ0n) is 8.18. The first-order valence-corrected chi connectivity index (χ1v) is 5.46. The second-order valence-electron chi connectivity index (χ2n) is 3.92. The molecule has 0 unspecified atom stereocenters. The Morgan fingerprint density at radius 1 is 1.53 bits per heavy atom. The number of phenolic OH excluding ortho intramolecular Hbond substituents is 1. The van der Waals surface area contributed by atoms with E-state index in [-0.39, 0.29) is 5.78 Å². The number of carbonyl (C=O) groups excluding carboxylic acids is 1. The molecule has 0 radical (unpaired) electrons. The highest BCUT2D eigenvalue weighted by Crippen LogP contribution is 2.52. The maximum Gasteiger partial charge on any atom is 0.166 e. The molecule has 1 aliphatic rings. The molecule has 0 heterocycles. The SMILES string of the molecule is CC(=O)C1(c2cc(Br)cc(F)c2O)CC1. The molecule has 0 aromatic heterocycles. The maximum atomic E-state index is 13.3. The number of Topliss-reactive ketones (excluding diaryl/α,β-unsaturated/α-hetero) is 1. The van der Waals surface area contributed by atoms with Crippen molar-refractivity contribution in [3.63, 3.8) is 0 Å². The number of rotatable bonds is 2. The summed E-state index contributed by atoms with van der Waals surface area (Å²) in [5.74, 6) is -1.10. The number of halogens is 2. The third kappa shape index (κ3) is 1.57. The van der Waals surface area contributed by atoms with E-state index >= 15 is 0 Å². The molecule has 1 aromatic rings. The van der Waals surface area contributed by atoms with Crippen molar-refractivity contribution in [3.8, 4) is 5.75 Å². The van der Waals surface area contributed by atoms with Gasteiger partial charge in [0, 0.05) is 10.0 Å². The zero-order chi connectivity index (χ0) is 11.2. The van der Waals surface area contributed by atoms with Gasteiger partial charge in [0.25, 0.3) is 0 Å². The van der Waals surface area contributed by atoms with Crippen molar-refractivity contribution >= 4 is 21.7 Å². The first-order valence-electron chi connectivity index (χ1n) is 4.67. The van der Waals surface area contributed by atoms with Crippen LogP contribution in [0, 0.1) is 5.82 Å². The summed E-state index contributed by atoms with van der Waals surface area (Å²) in [7, 11) is 0. The van der Waals surface area contributed by atoms with Crippen molar-refractivity contribution in [2.45, 2.75) is 25.2 Å². The average Bonchev–Trinajstić information content (AvgIpc) is 2.91. The third-order valence-corrected chi connectivity index (χ3v) is 3.43. The van der Waals surface area contributed by atoms with Crippen LogP contribution >= 0.6 is 15.9 Å². The van der Waals surface area contributed by atoms with E-state index in [1.165, 1.54) is 13.0 Å². The number of hydrogen-bond donors (Lipinski definition) is 1. The van der Waals surface area contributed by atoms with Gasteiger partial charge in [0.15, 0.2) is 11.6 Å².